The van der Waals surface area contributed by atoms with Crippen LogP contribution in [0, 0.1) is 5.92 Å². The maximum Gasteiger partial charge on any atom is 0.307 e. The number of rotatable bonds is 3. The lowest BCUT2D eigenvalue weighted by Crippen LogP contribution is -2.47. The van der Waals surface area contributed by atoms with Gasteiger partial charge in [-0.1, -0.05) is 11.6 Å². The molecule has 0 aromatic carbocycles. The van der Waals surface area contributed by atoms with Crippen LogP contribution in [0.1, 0.15) is 19.8 Å². The molecule has 1 aromatic heterocycles. The molecule has 9 heteroatoms. The van der Waals surface area contributed by atoms with Crippen LogP contribution in [0.3, 0.4) is 0 Å². The molecule has 2 atom stereocenters. The Balaban J connectivity index is 2.40. The Hall–Kier alpha value is -1.12. The van der Waals surface area contributed by atoms with E-state index in [-0.39, 0.29) is 22.6 Å². The number of aryl methyl sites for hydroxylation is 1. The van der Waals surface area contributed by atoms with Crippen LogP contribution in [-0.2, 0) is 21.9 Å². The monoisotopic (exact) mass is 321 g/mol. The zero-order chi connectivity index (χ0) is 15.1. The Kier molecular flexibility index (Phi) is 4.08. The van der Waals surface area contributed by atoms with Gasteiger partial charge in [-0.05, 0) is 19.8 Å². The van der Waals surface area contributed by atoms with Crippen molar-refractivity contribution in [3.63, 3.8) is 0 Å². The minimum Gasteiger partial charge on any atom is -0.481 e. The summed E-state index contributed by atoms with van der Waals surface area (Å²) in [6.45, 7) is 1.72. The lowest BCUT2D eigenvalue weighted by Gasteiger charge is -2.35. The van der Waals surface area contributed by atoms with Crippen molar-refractivity contribution in [1.82, 2.24) is 14.1 Å². The SMILES string of the molecule is CC1CCC(C(=O)O)CN1S(=O)(=O)c1c(Cl)cnn1C. The van der Waals surface area contributed by atoms with E-state index in [1.807, 2.05) is 0 Å². The van der Waals surface area contributed by atoms with Gasteiger partial charge >= 0.3 is 5.97 Å². The van der Waals surface area contributed by atoms with E-state index in [4.69, 9.17) is 16.7 Å². The molecule has 1 aliphatic rings. The molecule has 1 N–H and O–H groups in total. The molecule has 112 valence electrons. The van der Waals surface area contributed by atoms with Crippen molar-refractivity contribution in [2.45, 2.75) is 30.8 Å². The van der Waals surface area contributed by atoms with Crippen LogP contribution >= 0.6 is 11.6 Å². The van der Waals surface area contributed by atoms with Gasteiger partial charge < -0.3 is 5.11 Å². The summed E-state index contributed by atoms with van der Waals surface area (Å²) in [6.07, 6.45) is 2.24. The second-order valence-electron chi connectivity index (χ2n) is 4.96. The Morgan fingerprint density at radius 1 is 1.50 bits per heavy atom. The quantitative estimate of drug-likeness (QED) is 0.894. The van der Waals surface area contributed by atoms with Crippen LogP contribution < -0.4 is 0 Å². The molecular weight excluding hydrogens is 306 g/mol. The van der Waals surface area contributed by atoms with Gasteiger partial charge in [-0.25, -0.2) is 8.42 Å². The third-order valence-corrected chi connectivity index (χ3v) is 6.06. The maximum atomic E-state index is 12.7. The first-order valence-electron chi connectivity index (χ1n) is 6.17. The van der Waals surface area contributed by atoms with Crippen molar-refractivity contribution < 1.29 is 18.3 Å². The number of piperidine rings is 1. The van der Waals surface area contributed by atoms with E-state index in [0.29, 0.717) is 12.8 Å². The first kappa shape index (κ1) is 15.3. The number of aliphatic carboxylic acids is 1. The number of carboxylic acids is 1. The highest BCUT2D eigenvalue weighted by atomic mass is 35.5. The molecule has 2 rings (SSSR count). The third kappa shape index (κ3) is 2.55. The van der Waals surface area contributed by atoms with Crippen LogP contribution in [0.25, 0.3) is 0 Å². The largest absolute Gasteiger partial charge is 0.481 e. The van der Waals surface area contributed by atoms with Gasteiger partial charge in [-0.3, -0.25) is 9.48 Å². The van der Waals surface area contributed by atoms with Crippen molar-refractivity contribution >= 4 is 27.6 Å². The molecule has 1 fully saturated rings. The summed E-state index contributed by atoms with van der Waals surface area (Å²) in [6, 6.07) is -0.262. The Labute approximate surface area is 122 Å². The summed E-state index contributed by atoms with van der Waals surface area (Å²) in [5.41, 5.74) is 0. The van der Waals surface area contributed by atoms with Crippen LogP contribution in [0.15, 0.2) is 11.2 Å². The fourth-order valence-corrected chi connectivity index (χ4v) is 4.73. The topological polar surface area (TPSA) is 92.5 Å². The van der Waals surface area contributed by atoms with Crippen LogP contribution in [0.2, 0.25) is 5.02 Å². The molecule has 0 radical (unpaired) electrons. The minimum absolute atomic E-state index is 0.0390. The Morgan fingerprint density at radius 2 is 2.15 bits per heavy atom. The average molecular weight is 322 g/mol. The number of nitrogens with zero attached hydrogens (tertiary/aromatic N) is 3. The number of carbonyl (C=O) groups is 1. The van der Waals surface area contributed by atoms with Crippen molar-refractivity contribution in [1.29, 1.82) is 0 Å². The van der Waals surface area contributed by atoms with Gasteiger partial charge in [-0.2, -0.15) is 9.40 Å². The van der Waals surface area contributed by atoms with E-state index in [1.54, 1.807) is 6.92 Å². The number of aromatic nitrogens is 2. The molecule has 0 bridgehead atoms. The van der Waals surface area contributed by atoms with Crippen molar-refractivity contribution in [2.75, 3.05) is 6.54 Å². The first-order chi connectivity index (χ1) is 9.25. The van der Waals surface area contributed by atoms with E-state index in [1.165, 1.54) is 22.2 Å². The van der Waals surface area contributed by atoms with Crippen LogP contribution in [0.5, 0.6) is 0 Å². The molecule has 7 nitrogen and oxygen atoms in total. The van der Waals surface area contributed by atoms with E-state index >= 15 is 0 Å². The minimum atomic E-state index is -3.86. The second kappa shape index (κ2) is 5.34. The van der Waals surface area contributed by atoms with Crippen molar-refractivity contribution in [2.24, 2.45) is 13.0 Å². The van der Waals surface area contributed by atoms with Gasteiger partial charge in [0.05, 0.1) is 17.1 Å². The zero-order valence-electron chi connectivity index (χ0n) is 11.2. The highest BCUT2D eigenvalue weighted by Gasteiger charge is 2.39. The summed E-state index contributed by atoms with van der Waals surface area (Å²) in [4.78, 5) is 11.1. The lowest BCUT2D eigenvalue weighted by atomic mass is 9.96. The molecule has 2 unspecified atom stereocenters. The molecule has 1 saturated heterocycles. The molecule has 0 aliphatic carbocycles. The summed E-state index contributed by atoms with van der Waals surface area (Å²) in [7, 11) is -2.37. The third-order valence-electron chi connectivity index (χ3n) is 3.57. The number of sulfonamides is 1. The zero-order valence-corrected chi connectivity index (χ0v) is 12.7. The highest BCUT2D eigenvalue weighted by Crippen LogP contribution is 2.30. The van der Waals surface area contributed by atoms with E-state index in [2.05, 4.69) is 5.10 Å². The predicted octanol–water partition coefficient (Wildman–Crippen LogP) is 0.947. The Bertz CT molecular complexity index is 608. The van der Waals surface area contributed by atoms with Gasteiger partial charge in [0.25, 0.3) is 10.0 Å². The fraction of sp³-hybridized carbons (Fsp3) is 0.636. The van der Waals surface area contributed by atoms with Gasteiger partial charge in [0, 0.05) is 19.6 Å². The van der Waals surface area contributed by atoms with E-state index in [0.717, 1.165) is 0 Å². The van der Waals surface area contributed by atoms with E-state index < -0.39 is 21.9 Å². The fourth-order valence-electron chi connectivity index (χ4n) is 2.41. The normalized spacial score (nSPS) is 24.8. The Morgan fingerprint density at radius 3 is 2.65 bits per heavy atom. The van der Waals surface area contributed by atoms with Gasteiger partial charge in [0.15, 0.2) is 5.03 Å². The maximum absolute atomic E-state index is 12.7. The molecule has 2 heterocycles. The van der Waals surface area contributed by atoms with E-state index in [9.17, 15) is 13.2 Å². The highest BCUT2D eigenvalue weighted by molar-refractivity contribution is 7.89. The molecule has 0 spiro atoms. The predicted molar refractivity (Wildman–Crippen MR) is 71.9 cm³/mol. The second-order valence-corrected chi connectivity index (χ2v) is 7.17. The number of carboxylic acid groups (broad SMARTS) is 1. The molecule has 20 heavy (non-hydrogen) atoms. The first-order valence-corrected chi connectivity index (χ1v) is 7.99. The van der Waals surface area contributed by atoms with Crippen LogP contribution in [-0.4, -0.2) is 46.2 Å². The molecule has 1 aromatic rings. The number of hydrogen-bond donors (Lipinski definition) is 1. The van der Waals surface area contributed by atoms with Crippen LogP contribution in [0.4, 0.5) is 0 Å². The molecule has 0 amide bonds. The summed E-state index contributed by atoms with van der Waals surface area (Å²) >= 11 is 5.89. The molecular formula is C11H16ClN3O4S. The molecule has 0 saturated carbocycles. The number of halogens is 1. The van der Waals surface area contributed by atoms with Crippen molar-refractivity contribution in [3.8, 4) is 0 Å². The van der Waals surface area contributed by atoms with Crippen molar-refractivity contribution in [3.05, 3.63) is 11.2 Å². The summed E-state index contributed by atoms with van der Waals surface area (Å²) in [5, 5.41) is 12.8. The molecule has 1 aliphatic heterocycles. The standard InChI is InChI=1S/C11H16ClN3O4S/c1-7-3-4-8(11(16)17)6-15(7)20(18,19)10-9(12)5-13-14(10)2/h5,7-8H,3-4,6H2,1-2H3,(H,16,17). The number of hydrogen-bond acceptors (Lipinski definition) is 4. The average Bonchev–Trinajstić information content (AvgIpc) is 2.69. The smallest absolute Gasteiger partial charge is 0.307 e. The van der Waals surface area contributed by atoms with Gasteiger partial charge in [0.2, 0.25) is 0 Å². The van der Waals surface area contributed by atoms with Gasteiger partial charge in [0.1, 0.15) is 0 Å². The lowest BCUT2D eigenvalue weighted by molar-refractivity contribution is -0.143. The summed E-state index contributed by atoms with van der Waals surface area (Å²) < 4.78 is 27.7. The van der Waals surface area contributed by atoms with Gasteiger partial charge in [-0.15, -0.1) is 0 Å². The summed E-state index contributed by atoms with van der Waals surface area (Å²) in [5.74, 6) is -1.67.